The molecular weight excluding hydrogens is 206 g/mol. The summed E-state index contributed by atoms with van der Waals surface area (Å²) >= 11 is 0. The summed E-state index contributed by atoms with van der Waals surface area (Å²) in [5.41, 5.74) is 0. The van der Waals surface area contributed by atoms with E-state index < -0.39 is 0 Å². The van der Waals surface area contributed by atoms with Crippen molar-refractivity contribution in [3.63, 3.8) is 0 Å². The van der Waals surface area contributed by atoms with Crippen molar-refractivity contribution in [1.29, 1.82) is 0 Å². The average molecular weight is 222 g/mol. The van der Waals surface area contributed by atoms with Crippen molar-refractivity contribution < 1.29 is 18.9 Å². The zero-order chi connectivity index (χ0) is 10.7. The molecule has 77 valence electrons. The summed E-state index contributed by atoms with van der Waals surface area (Å²) < 4.78 is 0. The minimum Gasteiger partial charge on any atom is -0.0840 e. The van der Waals surface area contributed by atoms with Crippen LogP contribution in [0.15, 0.2) is 30.3 Å². The minimum atomic E-state index is 0. The van der Waals surface area contributed by atoms with Gasteiger partial charge in [-0.05, 0) is 42.1 Å². The molecule has 16 heavy (non-hydrogen) atoms. The Kier molecular flexibility index (Phi) is 5.59. The standard InChI is InChI=1S/C14H16P.Li/c1-14(2,12-8-6-7-9-12)15-13-10-4-3-5-11-13;/h3-11,15H,1-2H3;/q;+1. The van der Waals surface area contributed by atoms with Crippen LogP contribution in [-0.4, -0.2) is 5.16 Å². The number of rotatable bonds is 3. The van der Waals surface area contributed by atoms with Crippen LogP contribution in [0.3, 0.4) is 0 Å². The summed E-state index contributed by atoms with van der Waals surface area (Å²) in [6, 6.07) is 10.7. The van der Waals surface area contributed by atoms with Gasteiger partial charge in [0.05, 0.1) is 0 Å². The van der Waals surface area contributed by atoms with E-state index >= 15 is 0 Å². The van der Waals surface area contributed by atoms with Crippen molar-refractivity contribution >= 4 is 13.9 Å². The Bertz CT molecular complexity index is 302. The van der Waals surface area contributed by atoms with Crippen LogP contribution >= 0.6 is 8.58 Å². The molecule has 0 nitrogen and oxygen atoms in total. The van der Waals surface area contributed by atoms with E-state index in [1.165, 1.54) is 11.2 Å². The topological polar surface area (TPSA) is 0 Å². The van der Waals surface area contributed by atoms with Crippen LogP contribution in [0.4, 0.5) is 0 Å². The van der Waals surface area contributed by atoms with Crippen LogP contribution in [0.1, 0.15) is 13.8 Å². The molecule has 0 saturated heterocycles. The van der Waals surface area contributed by atoms with Gasteiger partial charge >= 0.3 is 18.9 Å². The van der Waals surface area contributed by atoms with Crippen molar-refractivity contribution in [2.75, 3.05) is 0 Å². The van der Waals surface area contributed by atoms with E-state index in [1.54, 1.807) is 0 Å². The summed E-state index contributed by atoms with van der Waals surface area (Å²) in [6.45, 7) is 4.63. The van der Waals surface area contributed by atoms with Gasteiger partial charge in [0.1, 0.15) is 0 Å². The van der Waals surface area contributed by atoms with E-state index in [9.17, 15) is 0 Å². The van der Waals surface area contributed by atoms with E-state index in [0.717, 1.165) is 8.58 Å². The van der Waals surface area contributed by atoms with Crippen LogP contribution < -0.4 is 24.2 Å². The molecule has 1 unspecified atom stereocenters. The van der Waals surface area contributed by atoms with Crippen molar-refractivity contribution in [3.8, 4) is 0 Å². The number of hydrogen-bond donors (Lipinski definition) is 0. The Morgan fingerprint density at radius 1 is 0.938 bits per heavy atom. The molecule has 0 amide bonds. The van der Waals surface area contributed by atoms with Gasteiger partial charge in [0.15, 0.2) is 0 Å². The van der Waals surface area contributed by atoms with Crippen molar-refractivity contribution in [1.82, 2.24) is 0 Å². The van der Waals surface area contributed by atoms with Gasteiger partial charge in [-0.2, -0.15) is 0 Å². The average Bonchev–Trinajstić information content (AvgIpc) is 2.71. The van der Waals surface area contributed by atoms with Crippen molar-refractivity contribution in [3.05, 3.63) is 61.9 Å². The summed E-state index contributed by atoms with van der Waals surface area (Å²) in [5, 5.41) is 1.69. The van der Waals surface area contributed by atoms with Gasteiger partial charge in [-0.3, -0.25) is 0 Å². The monoisotopic (exact) mass is 222 g/mol. The minimum absolute atomic E-state index is 0. The molecule has 0 heterocycles. The Morgan fingerprint density at radius 3 is 2.06 bits per heavy atom. The summed E-state index contributed by atoms with van der Waals surface area (Å²) in [6.07, 6.45) is 8.67. The van der Waals surface area contributed by atoms with Gasteiger partial charge in [0.25, 0.3) is 0 Å². The normalized spacial score (nSPS) is 17.9. The van der Waals surface area contributed by atoms with Crippen LogP contribution in [0.25, 0.3) is 0 Å². The van der Waals surface area contributed by atoms with Crippen LogP contribution in [0, 0.1) is 31.6 Å². The molecular formula is C14H16LiP+. The summed E-state index contributed by atoms with van der Waals surface area (Å²) in [7, 11) is 0.826. The van der Waals surface area contributed by atoms with E-state index in [4.69, 9.17) is 0 Å². The van der Waals surface area contributed by atoms with Crippen molar-refractivity contribution in [2.24, 2.45) is 0 Å². The predicted molar refractivity (Wildman–Crippen MR) is 68.9 cm³/mol. The molecule has 1 saturated carbocycles. The second kappa shape index (κ2) is 6.25. The number of benzene rings is 1. The molecule has 5 radical (unpaired) electrons. The third kappa shape index (κ3) is 3.63. The quantitative estimate of drug-likeness (QED) is 0.505. The molecule has 1 atom stereocenters. The fraction of sp³-hybridized carbons (Fsp3) is 0.214. The first kappa shape index (κ1) is 14.3. The maximum atomic E-state index is 2.31. The molecule has 2 rings (SSSR count). The SMILES string of the molecule is CC(C)(Pc1ccccc1)[C]1[CH][CH][CH][CH]1.[Li+]. The largest absolute Gasteiger partial charge is 1.00 e. The molecule has 1 aromatic rings. The van der Waals surface area contributed by atoms with E-state index in [1.807, 2.05) is 0 Å². The molecule has 0 spiro atoms. The fourth-order valence-electron chi connectivity index (χ4n) is 1.75. The summed E-state index contributed by atoms with van der Waals surface area (Å²) in [4.78, 5) is 0. The van der Waals surface area contributed by atoms with E-state index in [0.29, 0.717) is 0 Å². The Morgan fingerprint density at radius 2 is 1.50 bits per heavy atom. The molecule has 0 aromatic heterocycles. The zero-order valence-corrected chi connectivity index (χ0v) is 11.2. The second-order valence-corrected chi connectivity index (χ2v) is 6.37. The van der Waals surface area contributed by atoms with Gasteiger partial charge < -0.3 is 0 Å². The van der Waals surface area contributed by atoms with Crippen LogP contribution in [0.2, 0.25) is 0 Å². The smallest absolute Gasteiger partial charge is 0.0840 e. The fourth-order valence-corrected chi connectivity index (χ4v) is 3.14. The second-order valence-electron chi connectivity index (χ2n) is 4.29. The third-order valence-corrected chi connectivity index (χ3v) is 4.15. The number of hydrogen-bond acceptors (Lipinski definition) is 0. The molecule has 0 bridgehead atoms. The maximum Gasteiger partial charge on any atom is 1.00 e. The Hall–Kier alpha value is 0.247. The van der Waals surface area contributed by atoms with E-state index in [2.05, 4.69) is 69.9 Å². The third-order valence-electron chi connectivity index (χ3n) is 2.61. The van der Waals surface area contributed by atoms with E-state index in [-0.39, 0.29) is 24.0 Å². The van der Waals surface area contributed by atoms with Gasteiger partial charge in [-0.1, -0.05) is 52.8 Å². The molecule has 2 heteroatoms. The van der Waals surface area contributed by atoms with Gasteiger partial charge in [-0.25, -0.2) is 0 Å². The molecule has 1 aliphatic rings. The molecule has 0 aliphatic heterocycles. The van der Waals surface area contributed by atoms with Crippen LogP contribution in [-0.2, 0) is 0 Å². The Labute approximate surface area is 114 Å². The van der Waals surface area contributed by atoms with Gasteiger partial charge in [-0.15, -0.1) is 0 Å². The van der Waals surface area contributed by atoms with Gasteiger partial charge in [0.2, 0.25) is 0 Å². The van der Waals surface area contributed by atoms with Gasteiger partial charge in [0, 0.05) is 0 Å². The van der Waals surface area contributed by atoms with Crippen molar-refractivity contribution in [2.45, 2.75) is 19.0 Å². The molecule has 0 N–H and O–H groups in total. The first-order valence-corrected chi connectivity index (χ1v) is 6.24. The molecule has 1 aromatic carbocycles. The Balaban J connectivity index is 0.00000128. The predicted octanol–water partition coefficient (Wildman–Crippen LogP) is 0.178. The molecule has 1 aliphatic carbocycles. The van der Waals surface area contributed by atoms with Crippen LogP contribution in [0.5, 0.6) is 0 Å². The zero-order valence-electron chi connectivity index (χ0n) is 10.2. The first-order valence-electron chi connectivity index (χ1n) is 5.24. The first-order chi connectivity index (χ1) is 7.18. The maximum absolute atomic E-state index is 2.31. The molecule has 1 fully saturated rings. The summed E-state index contributed by atoms with van der Waals surface area (Å²) in [5.74, 6) is 1.43.